The summed E-state index contributed by atoms with van der Waals surface area (Å²) in [4.78, 5) is 30.3. The molecular weight excluding hydrogens is 611 g/mol. The first-order chi connectivity index (χ1) is 21.7. The fourth-order valence-electron chi connectivity index (χ4n) is 5.45. The van der Waals surface area contributed by atoms with Gasteiger partial charge in [0, 0.05) is 17.5 Å². The normalized spacial score (nSPS) is 14.3. The van der Waals surface area contributed by atoms with Gasteiger partial charge < -0.3 is 19.7 Å². The average molecular weight is 654 g/mol. The molecule has 0 radical (unpaired) electrons. The second kappa shape index (κ2) is 16.0. The van der Waals surface area contributed by atoms with E-state index in [9.17, 15) is 18.0 Å². The molecule has 4 rings (SSSR count). The predicted molar refractivity (Wildman–Crippen MR) is 178 cm³/mol. The summed E-state index contributed by atoms with van der Waals surface area (Å²) in [5.41, 5.74) is 0.985. The standard InChI is InChI=1S/C34H43N3O6S2/c1-5-43-32-17-10-9-16-31(32)37(45(40,41)30-20-18-29(44-4)19-21-30)24-33(38)36(23-26-12-11-15-28(22-26)42-3)25(2)34(39)35-27-13-7-6-8-14-27/h9-12,15-22,25,27H,5-8,13-14,23-24H2,1-4H3,(H,35,39). The molecule has 1 fully saturated rings. The molecule has 3 aromatic carbocycles. The largest absolute Gasteiger partial charge is 0.497 e. The monoisotopic (exact) mass is 653 g/mol. The third-order valence-corrected chi connectivity index (χ3v) is 10.5. The number of carbonyl (C=O) groups excluding carboxylic acids is 2. The summed E-state index contributed by atoms with van der Waals surface area (Å²) in [6.45, 7) is 3.34. The summed E-state index contributed by atoms with van der Waals surface area (Å²) in [5.74, 6) is 0.150. The van der Waals surface area contributed by atoms with Crippen LogP contribution in [-0.4, -0.2) is 63.7 Å². The van der Waals surface area contributed by atoms with Crippen molar-refractivity contribution >= 4 is 39.3 Å². The number of nitrogens with zero attached hydrogens (tertiary/aromatic N) is 2. The van der Waals surface area contributed by atoms with Crippen LogP contribution in [-0.2, 0) is 26.2 Å². The van der Waals surface area contributed by atoms with Crippen LogP contribution in [0.2, 0.25) is 0 Å². The molecule has 0 bridgehead atoms. The van der Waals surface area contributed by atoms with E-state index in [1.807, 2.05) is 25.3 Å². The predicted octanol–water partition coefficient (Wildman–Crippen LogP) is 5.88. The van der Waals surface area contributed by atoms with Crippen molar-refractivity contribution in [3.63, 3.8) is 0 Å². The first-order valence-corrected chi connectivity index (χ1v) is 18.0. The van der Waals surface area contributed by atoms with Crippen molar-refractivity contribution in [2.24, 2.45) is 0 Å². The van der Waals surface area contributed by atoms with Gasteiger partial charge in [0.05, 0.1) is 24.3 Å². The maximum atomic E-state index is 14.3. The van der Waals surface area contributed by atoms with Crippen LogP contribution < -0.4 is 19.1 Å². The van der Waals surface area contributed by atoms with Gasteiger partial charge in [-0.3, -0.25) is 13.9 Å². The fourth-order valence-corrected chi connectivity index (χ4v) is 7.28. The van der Waals surface area contributed by atoms with Crippen LogP contribution in [0.5, 0.6) is 11.5 Å². The minimum atomic E-state index is -4.22. The molecule has 1 atom stereocenters. The average Bonchev–Trinajstić information content (AvgIpc) is 3.06. The molecule has 1 aliphatic rings. The Labute approximate surface area is 271 Å². The summed E-state index contributed by atoms with van der Waals surface area (Å²) in [7, 11) is -2.66. The molecule has 0 heterocycles. The quantitative estimate of drug-likeness (QED) is 0.217. The number of para-hydroxylation sites is 2. The SMILES string of the molecule is CCOc1ccccc1N(CC(=O)N(Cc1cccc(OC)c1)C(C)C(=O)NC1CCCCC1)S(=O)(=O)c1ccc(SC)cc1. The van der Waals surface area contributed by atoms with Gasteiger partial charge in [-0.2, -0.15) is 0 Å². The number of amides is 2. The number of hydrogen-bond acceptors (Lipinski definition) is 7. The van der Waals surface area contributed by atoms with Crippen molar-refractivity contribution < 1.29 is 27.5 Å². The zero-order valence-electron chi connectivity index (χ0n) is 26.4. The molecule has 0 aliphatic heterocycles. The summed E-state index contributed by atoms with van der Waals surface area (Å²) in [5, 5.41) is 3.13. The van der Waals surface area contributed by atoms with E-state index in [4.69, 9.17) is 9.47 Å². The van der Waals surface area contributed by atoms with Crippen LogP contribution in [0.1, 0.15) is 51.5 Å². The molecule has 1 unspecified atom stereocenters. The van der Waals surface area contributed by atoms with Crippen LogP contribution >= 0.6 is 11.8 Å². The Hall–Kier alpha value is -3.70. The number of hydrogen-bond donors (Lipinski definition) is 1. The summed E-state index contributed by atoms with van der Waals surface area (Å²) >= 11 is 1.50. The molecule has 1 N–H and O–H groups in total. The van der Waals surface area contributed by atoms with Gasteiger partial charge in [0.25, 0.3) is 10.0 Å². The van der Waals surface area contributed by atoms with Gasteiger partial charge in [0.15, 0.2) is 0 Å². The highest BCUT2D eigenvalue weighted by Gasteiger charge is 2.34. The van der Waals surface area contributed by atoms with Crippen LogP contribution in [0.4, 0.5) is 5.69 Å². The molecule has 242 valence electrons. The van der Waals surface area contributed by atoms with Crippen molar-refractivity contribution in [1.82, 2.24) is 10.2 Å². The highest BCUT2D eigenvalue weighted by Crippen LogP contribution is 2.33. The molecule has 0 aromatic heterocycles. The van der Waals surface area contributed by atoms with E-state index >= 15 is 0 Å². The Bertz CT molecular complexity index is 1540. The number of rotatable bonds is 14. The Balaban J connectivity index is 1.73. The van der Waals surface area contributed by atoms with Gasteiger partial charge in [-0.15, -0.1) is 11.8 Å². The minimum absolute atomic E-state index is 0.0434. The lowest BCUT2D eigenvalue weighted by Crippen LogP contribution is -2.53. The third kappa shape index (κ3) is 8.73. The number of methoxy groups -OCH3 is 1. The number of benzene rings is 3. The number of carbonyl (C=O) groups is 2. The number of ether oxygens (including phenoxy) is 2. The van der Waals surface area contributed by atoms with Crippen molar-refractivity contribution in [3.8, 4) is 11.5 Å². The molecule has 1 aliphatic carbocycles. The van der Waals surface area contributed by atoms with E-state index in [-0.39, 0.29) is 29.1 Å². The highest BCUT2D eigenvalue weighted by atomic mass is 32.2. The Morgan fingerprint density at radius 2 is 1.71 bits per heavy atom. The lowest BCUT2D eigenvalue weighted by molar-refractivity contribution is -0.139. The van der Waals surface area contributed by atoms with Crippen molar-refractivity contribution in [2.75, 3.05) is 30.8 Å². The zero-order chi connectivity index (χ0) is 32.4. The third-order valence-electron chi connectivity index (χ3n) is 7.97. The van der Waals surface area contributed by atoms with E-state index in [0.717, 1.165) is 46.9 Å². The van der Waals surface area contributed by atoms with Gasteiger partial charge in [-0.05, 0) is 87.0 Å². The van der Waals surface area contributed by atoms with E-state index in [1.54, 1.807) is 62.6 Å². The summed E-state index contributed by atoms with van der Waals surface area (Å²) in [6, 6.07) is 19.8. The number of anilines is 1. The molecule has 3 aromatic rings. The van der Waals surface area contributed by atoms with Gasteiger partial charge >= 0.3 is 0 Å². The van der Waals surface area contributed by atoms with Crippen LogP contribution in [0.3, 0.4) is 0 Å². The van der Waals surface area contributed by atoms with Crippen LogP contribution in [0.15, 0.2) is 82.6 Å². The molecule has 0 saturated heterocycles. The Kier molecular flexibility index (Phi) is 12.2. The molecule has 0 spiro atoms. The lowest BCUT2D eigenvalue weighted by atomic mass is 9.95. The first-order valence-electron chi connectivity index (χ1n) is 15.3. The van der Waals surface area contributed by atoms with Gasteiger partial charge in [0.2, 0.25) is 11.8 Å². The van der Waals surface area contributed by atoms with Crippen molar-refractivity contribution in [1.29, 1.82) is 0 Å². The van der Waals surface area contributed by atoms with E-state index in [2.05, 4.69) is 5.32 Å². The summed E-state index contributed by atoms with van der Waals surface area (Å²) in [6.07, 6.45) is 6.96. The van der Waals surface area contributed by atoms with Gasteiger partial charge in [0.1, 0.15) is 24.1 Å². The lowest BCUT2D eigenvalue weighted by Gasteiger charge is -2.33. The second-order valence-corrected chi connectivity index (χ2v) is 13.7. The zero-order valence-corrected chi connectivity index (χ0v) is 28.0. The van der Waals surface area contributed by atoms with Crippen LogP contribution in [0.25, 0.3) is 0 Å². The molecule has 2 amide bonds. The van der Waals surface area contributed by atoms with Crippen molar-refractivity contribution in [2.45, 2.75) is 74.4 Å². The second-order valence-electron chi connectivity index (χ2n) is 11.0. The molecular formula is C34H43N3O6S2. The molecule has 45 heavy (non-hydrogen) atoms. The molecule has 1 saturated carbocycles. The minimum Gasteiger partial charge on any atom is -0.497 e. The van der Waals surface area contributed by atoms with Crippen molar-refractivity contribution in [3.05, 3.63) is 78.4 Å². The number of thioether (sulfide) groups is 1. The Morgan fingerprint density at radius 3 is 2.38 bits per heavy atom. The molecule has 9 nitrogen and oxygen atoms in total. The van der Waals surface area contributed by atoms with E-state index in [0.29, 0.717) is 18.1 Å². The van der Waals surface area contributed by atoms with E-state index in [1.165, 1.54) is 28.8 Å². The highest BCUT2D eigenvalue weighted by molar-refractivity contribution is 7.98. The fraction of sp³-hybridized carbons (Fsp3) is 0.412. The topological polar surface area (TPSA) is 105 Å². The smallest absolute Gasteiger partial charge is 0.264 e. The van der Waals surface area contributed by atoms with E-state index < -0.39 is 28.5 Å². The number of sulfonamides is 1. The summed E-state index contributed by atoms with van der Waals surface area (Å²) < 4.78 is 40.8. The maximum Gasteiger partial charge on any atom is 0.264 e. The van der Waals surface area contributed by atoms with Gasteiger partial charge in [-0.25, -0.2) is 8.42 Å². The molecule has 11 heteroatoms. The Morgan fingerprint density at radius 1 is 1.00 bits per heavy atom. The number of nitrogens with one attached hydrogen (secondary N) is 1. The van der Waals surface area contributed by atoms with Gasteiger partial charge in [-0.1, -0.05) is 43.5 Å². The van der Waals surface area contributed by atoms with Crippen LogP contribution in [0, 0.1) is 0 Å². The first kappa shape index (κ1) is 34.2. The maximum absolute atomic E-state index is 14.3.